The average Bonchev–Trinajstić information content (AvgIpc) is 2.47. The zero-order valence-corrected chi connectivity index (χ0v) is 11.7. The van der Waals surface area contributed by atoms with Gasteiger partial charge in [0.2, 0.25) is 5.75 Å². The molecule has 0 saturated heterocycles. The van der Waals surface area contributed by atoms with Crippen molar-refractivity contribution in [3.8, 4) is 17.2 Å². The van der Waals surface area contributed by atoms with Gasteiger partial charge in [-0.25, -0.2) is 0 Å². The Kier molecular flexibility index (Phi) is 4.39. The lowest BCUT2D eigenvalue weighted by atomic mass is 10.2. The topological polar surface area (TPSA) is 78.7 Å². The molecule has 0 unspecified atom stereocenters. The van der Waals surface area contributed by atoms with Crippen molar-refractivity contribution in [3.63, 3.8) is 0 Å². The van der Waals surface area contributed by atoms with Crippen LogP contribution in [-0.4, -0.2) is 18.3 Å². The van der Waals surface area contributed by atoms with E-state index >= 15 is 0 Å². The molecule has 0 aliphatic heterocycles. The first-order chi connectivity index (χ1) is 10.1. The van der Waals surface area contributed by atoms with Gasteiger partial charge in [0, 0.05) is 0 Å². The number of benzene rings is 2. The fraction of sp³-hybridized carbons (Fsp3) is 0.0714. The van der Waals surface area contributed by atoms with Crippen LogP contribution < -0.4 is 9.47 Å². The predicted molar refractivity (Wildman–Crippen MR) is 76.6 cm³/mol. The first kappa shape index (κ1) is 14.8. The van der Waals surface area contributed by atoms with E-state index in [9.17, 15) is 14.9 Å². The third kappa shape index (κ3) is 3.11. The molecule has 7 heteroatoms. The van der Waals surface area contributed by atoms with E-state index in [1.54, 1.807) is 6.07 Å². The number of carbonyl (C=O) groups excluding carboxylic acids is 1. The van der Waals surface area contributed by atoms with E-state index in [4.69, 9.17) is 21.1 Å². The second kappa shape index (κ2) is 6.23. The number of aldehydes is 1. The van der Waals surface area contributed by atoms with Crippen LogP contribution in [0.15, 0.2) is 36.4 Å². The summed E-state index contributed by atoms with van der Waals surface area (Å²) in [5.74, 6) is 0.465. The highest BCUT2D eigenvalue weighted by Crippen LogP contribution is 2.36. The van der Waals surface area contributed by atoms with Gasteiger partial charge in [0.15, 0.2) is 6.29 Å². The molecule has 0 saturated carbocycles. The summed E-state index contributed by atoms with van der Waals surface area (Å²) < 4.78 is 10.4. The van der Waals surface area contributed by atoms with Gasteiger partial charge in [0.25, 0.3) is 0 Å². The fourth-order valence-electron chi connectivity index (χ4n) is 1.69. The summed E-state index contributed by atoms with van der Waals surface area (Å²) in [7, 11) is 1.40. The highest BCUT2D eigenvalue weighted by atomic mass is 35.5. The maximum Gasteiger partial charge on any atom is 0.315 e. The minimum absolute atomic E-state index is 0.00818. The molecule has 6 nitrogen and oxygen atoms in total. The molecule has 0 heterocycles. The third-order valence-electron chi connectivity index (χ3n) is 2.71. The zero-order chi connectivity index (χ0) is 15.4. The van der Waals surface area contributed by atoms with Gasteiger partial charge in [-0.3, -0.25) is 14.9 Å². The Labute approximate surface area is 125 Å². The van der Waals surface area contributed by atoms with E-state index in [0.29, 0.717) is 12.0 Å². The Morgan fingerprint density at radius 1 is 1.24 bits per heavy atom. The Morgan fingerprint density at radius 2 is 2.00 bits per heavy atom. The van der Waals surface area contributed by atoms with Crippen molar-refractivity contribution in [1.29, 1.82) is 0 Å². The van der Waals surface area contributed by atoms with Crippen LogP contribution in [0.4, 0.5) is 5.69 Å². The molecule has 108 valence electrons. The largest absolute Gasteiger partial charge is 0.496 e. The van der Waals surface area contributed by atoms with Gasteiger partial charge in [0.1, 0.15) is 11.5 Å². The van der Waals surface area contributed by atoms with Gasteiger partial charge >= 0.3 is 5.69 Å². The zero-order valence-electron chi connectivity index (χ0n) is 10.9. The summed E-state index contributed by atoms with van der Waals surface area (Å²) in [4.78, 5) is 21.5. The number of nitro groups is 1. The summed E-state index contributed by atoms with van der Waals surface area (Å²) in [5, 5.41) is 11.3. The van der Waals surface area contributed by atoms with Gasteiger partial charge in [0.05, 0.1) is 28.7 Å². The first-order valence-electron chi connectivity index (χ1n) is 5.80. The number of halogens is 1. The van der Waals surface area contributed by atoms with Gasteiger partial charge in [-0.15, -0.1) is 0 Å². The molecule has 21 heavy (non-hydrogen) atoms. The minimum atomic E-state index is -0.594. The highest BCUT2D eigenvalue weighted by Gasteiger charge is 2.19. The van der Waals surface area contributed by atoms with Crippen molar-refractivity contribution >= 4 is 23.6 Å². The van der Waals surface area contributed by atoms with Crippen LogP contribution in [-0.2, 0) is 0 Å². The van der Waals surface area contributed by atoms with E-state index < -0.39 is 4.92 Å². The molecule has 0 aliphatic carbocycles. The standard InChI is InChI=1S/C14H10ClNO5/c1-20-9-5-6-14(12(7-9)16(18)19)21-13-4-2-3-11(15)10(13)8-17/h2-8H,1H3. The van der Waals surface area contributed by atoms with Crippen LogP contribution in [0.5, 0.6) is 17.2 Å². The number of nitro benzene ring substituents is 1. The lowest BCUT2D eigenvalue weighted by Crippen LogP contribution is -1.97. The maximum absolute atomic E-state index is 11.1. The molecule has 2 aromatic rings. The number of hydrogen-bond donors (Lipinski definition) is 0. The minimum Gasteiger partial charge on any atom is -0.496 e. The fourth-order valence-corrected chi connectivity index (χ4v) is 1.90. The monoisotopic (exact) mass is 307 g/mol. The Morgan fingerprint density at radius 3 is 2.62 bits per heavy atom. The maximum atomic E-state index is 11.1. The van der Waals surface area contributed by atoms with Crippen LogP contribution in [0.25, 0.3) is 0 Å². The van der Waals surface area contributed by atoms with Crippen LogP contribution in [0.1, 0.15) is 10.4 Å². The molecule has 2 aromatic carbocycles. The molecule has 0 amide bonds. The Balaban J connectivity index is 2.47. The van der Waals surface area contributed by atoms with Gasteiger partial charge in [-0.2, -0.15) is 0 Å². The van der Waals surface area contributed by atoms with Crippen LogP contribution >= 0.6 is 11.6 Å². The van der Waals surface area contributed by atoms with Crippen molar-refractivity contribution in [1.82, 2.24) is 0 Å². The number of hydrogen-bond acceptors (Lipinski definition) is 5. The lowest BCUT2D eigenvalue weighted by molar-refractivity contribution is -0.385. The Bertz CT molecular complexity index is 702. The summed E-state index contributed by atoms with van der Waals surface area (Å²) in [6.07, 6.45) is 0.535. The lowest BCUT2D eigenvalue weighted by Gasteiger charge is -2.10. The van der Waals surface area contributed by atoms with Crippen molar-refractivity contribution in [2.24, 2.45) is 0 Å². The molecule has 0 aliphatic rings. The molecule has 0 fully saturated rings. The second-order valence-corrected chi connectivity index (χ2v) is 4.37. The number of nitrogens with zero attached hydrogens (tertiary/aromatic N) is 1. The predicted octanol–water partition coefficient (Wildman–Crippen LogP) is 3.86. The highest BCUT2D eigenvalue weighted by molar-refractivity contribution is 6.33. The van der Waals surface area contributed by atoms with Crippen LogP contribution in [0.2, 0.25) is 5.02 Å². The second-order valence-electron chi connectivity index (χ2n) is 3.96. The SMILES string of the molecule is COc1ccc(Oc2cccc(Cl)c2C=O)c([N+](=O)[O-])c1. The van der Waals surface area contributed by atoms with E-state index in [1.165, 1.54) is 37.4 Å². The molecule has 0 atom stereocenters. The number of methoxy groups -OCH3 is 1. The third-order valence-corrected chi connectivity index (χ3v) is 3.04. The quantitative estimate of drug-likeness (QED) is 0.476. The van der Waals surface area contributed by atoms with Gasteiger partial charge in [-0.1, -0.05) is 17.7 Å². The molecule has 0 spiro atoms. The van der Waals surface area contributed by atoms with Crippen LogP contribution in [0.3, 0.4) is 0 Å². The number of ether oxygens (including phenoxy) is 2. The molecule has 2 rings (SSSR count). The number of carbonyl (C=O) groups is 1. The normalized spacial score (nSPS) is 10.0. The summed E-state index contributed by atoms with van der Waals surface area (Å²) >= 11 is 5.88. The average molecular weight is 308 g/mol. The molecular weight excluding hydrogens is 298 g/mol. The summed E-state index contributed by atoms with van der Waals surface area (Å²) in [6, 6.07) is 8.77. The van der Waals surface area contributed by atoms with Crippen molar-refractivity contribution in [2.75, 3.05) is 7.11 Å². The molecule has 0 bridgehead atoms. The van der Waals surface area contributed by atoms with E-state index in [2.05, 4.69) is 0 Å². The smallest absolute Gasteiger partial charge is 0.315 e. The molecule has 0 radical (unpaired) electrons. The van der Waals surface area contributed by atoms with E-state index in [0.717, 1.165) is 0 Å². The summed E-state index contributed by atoms with van der Waals surface area (Å²) in [5.41, 5.74) is -0.143. The van der Waals surface area contributed by atoms with E-state index in [-0.39, 0.29) is 27.8 Å². The van der Waals surface area contributed by atoms with Crippen molar-refractivity contribution < 1.29 is 19.2 Å². The van der Waals surface area contributed by atoms with Crippen LogP contribution in [0, 0.1) is 10.1 Å². The molecular formula is C14H10ClNO5. The first-order valence-corrected chi connectivity index (χ1v) is 6.18. The number of rotatable bonds is 5. The van der Waals surface area contributed by atoms with Crippen molar-refractivity contribution in [3.05, 3.63) is 57.1 Å². The van der Waals surface area contributed by atoms with Gasteiger partial charge < -0.3 is 9.47 Å². The van der Waals surface area contributed by atoms with E-state index in [1.807, 2.05) is 0 Å². The molecule has 0 N–H and O–H groups in total. The van der Waals surface area contributed by atoms with Gasteiger partial charge in [-0.05, 0) is 24.3 Å². The van der Waals surface area contributed by atoms with Crippen molar-refractivity contribution in [2.45, 2.75) is 0 Å². The Hall–Kier alpha value is -2.60. The molecule has 0 aromatic heterocycles. The summed E-state index contributed by atoms with van der Waals surface area (Å²) in [6.45, 7) is 0.